The predicted molar refractivity (Wildman–Crippen MR) is 50.8 cm³/mol. The van der Waals surface area contributed by atoms with Crippen molar-refractivity contribution in [3.63, 3.8) is 0 Å². The van der Waals surface area contributed by atoms with Crippen LogP contribution in [0.15, 0.2) is 6.20 Å². The molecule has 0 radical (unpaired) electrons. The van der Waals surface area contributed by atoms with Gasteiger partial charge in [-0.25, -0.2) is 0 Å². The number of hydrogen-bond donors (Lipinski definition) is 0. The average molecular weight is 219 g/mol. The Morgan fingerprint density at radius 3 is 2.79 bits per heavy atom. The predicted octanol–water partition coefficient (Wildman–Crippen LogP) is 0.917. The van der Waals surface area contributed by atoms with Crippen LogP contribution < -0.4 is 4.74 Å². The fraction of sp³-hybridized carbons (Fsp3) is 0.500. The highest BCUT2D eigenvalue weighted by Gasteiger charge is 2.14. The molecule has 1 aromatic rings. The van der Waals surface area contributed by atoms with Crippen LogP contribution >= 0.6 is 11.6 Å². The van der Waals surface area contributed by atoms with Crippen LogP contribution in [-0.2, 0) is 11.3 Å². The molecular weight excluding hydrogens is 208 g/mol. The maximum absolute atomic E-state index is 10.9. The molecule has 0 aliphatic rings. The van der Waals surface area contributed by atoms with E-state index in [1.165, 1.54) is 13.3 Å². The van der Waals surface area contributed by atoms with Gasteiger partial charge in [0, 0.05) is 13.3 Å². The summed E-state index contributed by atoms with van der Waals surface area (Å²) in [4.78, 5) is 10.9. The van der Waals surface area contributed by atoms with Crippen LogP contribution in [0.5, 0.6) is 5.88 Å². The number of ether oxygens (including phenoxy) is 2. The van der Waals surface area contributed by atoms with Gasteiger partial charge in [0.05, 0.1) is 20.3 Å². The molecule has 78 valence electrons. The number of halogens is 1. The van der Waals surface area contributed by atoms with Crippen LogP contribution in [0.25, 0.3) is 0 Å². The van der Waals surface area contributed by atoms with E-state index in [-0.39, 0.29) is 11.4 Å². The zero-order chi connectivity index (χ0) is 10.6. The minimum absolute atomic E-state index is 0.237. The number of carbonyl (C=O) groups excluding carboxylic acids is 1. The van der Waals surface area contributed by atoms with Crippen molar-refractivity contribution in [1.29, 1.82) is 0 Å². The largest absolute Gasteiger partial charge is 0.479 e. The van der Waals surface area contributed by atoms with Crippen LogP contribution in [0, 0.1) is 0 Å². The summed E-state index contributed by atoms with van der Waals surface area (Å²) < 4.78 is 11.3. The van der Waals surface area contributed by atoms with Crippen LogP contribution in [-0.4, -0.2) is 35.8 Å². The molecule has 6 heteroatoms. The van der Waals surface area contributed by atoms with E-state index < -0.39 is 5.24 Å². The third-order valence-corrected chi connectivity index (χ3v) is 1.86. The van der Waals surface area contributed by atoms with Gasteiger partial charge in [-0.05, 0) is 11.6 Å². The highest BCUT2D eigenvalue weighted by Crippen LogP contribution is 2.17. The number of aromatic nitrogens is 2. The highest BCUT2D eigenvalue weighted by molar-refractivity contribution is 6.68. The molecule has 0 bridgehead atoms. The normalized spacial score (nSPS) is 10.2. The summed E-state index contributed by atoms with van der Waals surface area (Å²) in [5.41, 5.74) is 0.269. The van der Waals surface area contributed by atoms with Crippen molar-refractivity contribution in [1.82, 2.24) is 9.78 Å². The van der Waals surface area contributed by atoms with Gasteiger partial charge in [-0.15, -0.1) is 5.10 Å². The molecule has 1 rings (SSSR count). The summed E-state index contributed by atoms with van der Waals surface area (Å²) >= 11 is 5.33. The molecule has 0 spiro atoms. The van der Waals surface area contributed by atoms with E-state index in [0.29, 0.717) is 13.2 Å². The maximum Gasteiger partial charge on any atom is 0.259 e. The molecule has 0 aliphatic carbocycles. The zero-order valence-corrected chi connectivity index (χ0v) is 8.74. The molecule has 0 aromatic carbocycles. The Hall–Kier alpha value is -1.07. The minimum atomic E-state index is -0.578. The van der Waals surface area contributed by atoms with E-state index in [1.807, 2.05) is 0 Å². The maximum atomic E-state index is 10.9. The quantitative estimate of drug-likeness (QED) is 0.690. The summed E-state index contributed by atoms with van der Waals surface area (Å²) in [6.07, 6.45) is 1.53. The molecule has 1 aromatic heterocycles. The molecule has 0 aliphatic heterocycles. The summed E-state index contributed by atoms with van der Waals surface area (Å²) in [5, 5.41) is 3.42. The topological polar surface area (TPSA) is 53.4 Å². The smallest absolute Gasteiger partial charge is 0.259 e. The van der Waals surface area contributed by atoms with Crippen molar-refractivity contribution in [2.45, 2.75) is 6.54 Å². The second-order valence-corrected chi connectivity index (χ2v) is 2.92. The third kappa shape index (κ3) is 2.46. The van der Waals surface area contributed by atoms with E-state index in [0.717, 1.165) is 0 Å². The lowest BCUT2D eigenvalue weighted by Gasteiger charge is -1.97. The molecule has 1 heterocycles. The number of rotatable bonds is 5. The van der Waals surface area contributed by atoms with Crippen LogP contribution in [0.3, 0.4) is 0 Å². The van der Waals surface area contributed by atoms with Crippen molar-refractivity contribution >= 4 is 16.8 Å². The van der Waals surface area contributed by atoms with Crippen molar-refractivity contribution in [2.75, 3.05) is 20.8 Å². The Balaban J connectivity index is 2.83. The summed E-state index contributed by atoms with van der Waals surface area (Å²) in [6.45, 7) is 1.07. The van der Waals surface area contributed by atoms with Gasteiger partial charge in [-0.3, -0.25) is 9.48 Å². The first-order valence-electron chi connectivity index (χ1n) is 3.99. The van der Waals surface area contributed by atoms with E-state index in [1.54, 1.807) is 11.8 Å². The highest BCUT2D eigenvalue weighted by atomic mass is 35.5. The number of methoxy groups -OCH3 is 2. The Morgan fingerprint density at radius 1 is 1.64 bits per heavy atom. The number of hydrogen-bond acceptors (Lipinski definition) is 4. The van der Waals surface area contributed by atoms with Crippen molar-refractivity contribution in [3.8, 4) is 5.88 Å². The van der Waals surface area contributed by atoms with E-state index >= 15 is 0 Å². The van der Waals surface area contributed by atoms with E-state index in [9.17, 15) is 4.79 Å². The van der Waals surface area contributed by atoms with Crippen LogP contribution in [0.1, 0.15) is 10.4 Å². The molecule has 0 amide bonds. The van der Waals surface area contributed by atoms with Gasteiger partial charge in [-0.2, -0.15) is 0 Å². The number of carbonyl (C=O) groups is 1. The zero-order valence-electron chi connectivity index (χ0n) is 7.99. The average Bonchev–Trinajstić information content (AvgIpc) is 2.57. The first-order chi connectivity index (χ1) is 6.69. The third-order valence-electron chi connectivity index (χ3n) is 1.66. The minimum Gasteiger partial charge on any atom is -0.479 e. The molecule has 0 unspecified atom stereocenters. The van der Waals surface area contributed by atoms with Crippen LogP contribution in [0.4, 0.5) is 0 Å². The van der Waals surface area contributed by atoms with Gasteiger partial charge >= 0.3 is 0 Å². The SMILES string of the molecule is COCCn1cc(C(=O)Cl)c(OC)n1. The fourth-order valence-corrected chi connectivity index (χ4v) is 1.12. The first kappa shape index (κ1) is 11.0. The monoisotopic (exact) mass is 218 g/mol. The van der Waals surface area contributed by atoms with Gasteiger partial charge in [-0.1, -0.05) is 0 Å². The Kier molecular flexibility index (Phi) is 3.91. The standard InChI is InChI=1S/C8H11ClN2O3/c1-13-4-3-11-5-6(7(9)12)8(10-11)14-2/h5H,3-4H2,1-2H3. The summed E-state index contributed by atoms with van der Waals surface area (Å²) in [6, 6.07) is 0. The van der Waals surface area contributed by atoms with Crippen molar-refractivity contribution in [3.05, 3.63) is 11.8 Å². The first-order valence-corrected chi connectivity index (χ1v) is 4.37. The van der Waals surface area contributed by atoms with Crippen molar-refractivity contribution < 1.29 is 14.3 Å². The van der Waals surface area contributed by atoms with E-state index in [4.69, 9.17) is 21.1 Å². The summed E-state index contributed by atoms with van der Waals surface area (Å²) in [7, 11) is 3.03. The summed E-state index contributed by atoms with van der Waals surface area (Å²) in [5.74, 6) is 0.237. The van der Waals surface area contributed by atoms with Gasteiger partial charge < -0.3 is 9.47 Å². The molecule has 0 saturated heterocycles. The number of nitrogens with zero attached hydrogens (tertiary/aromatic N) is 2. The molecular formula is C8H11ClN2O3. The lowest BCUT2D eigenvalue weighted by Crippen LogP contribution is -2.04. The fourth-order valence-electron chi connectivity index (χ4n) is 0.989. The van der Waals surface area contributed by atoms with Gasteiger partial charge in [0.15, 0.2) is 0 Å². The molecule has 14 heavy (non-hydrogen) atoms. The van der Waals surface area contributed by atoms with Gasteiger partial charge in [0.2, 0.25) is 5.88 Å². The Morgan fingerprint density at radius 2 is 2.36 bits per heavy atom. The molecule has 0 fully saturated rings. The van der Waals surface area contributed by atoms with Crippen molar-refractivity contribution in [2.24, 2.45) is 0 Å². The van der Waals surface area contributed by atoms with Gasteiger partial charge in [0.1, 0.15) is 5.56 Å². The molecule has 0 N–H and O–H groups in total. The second kappa shape index (κ2) is 4.97. The molecule has 0 atom stereocenters. The molecule has 5 nitrogen and oxygen atoms in total. The second-order valence-electron chi connectivity index (χ2n) is 2.58. The van der Waals surface area contributed by atoms with Gasteiger partial charge in [0.25, 0.3) is 5.24 Å². The lowest BCUT2D eigenvalue weighted by atomic mass is 10.4. The lowest BCUT2D eigenvalue weighted by molar-refractivity contribution is 0.107. The van der Waals surface area contributed by atoms with E-state index in [2.05, 4.69) is 5.10 Å². The Bertz CT molecular complexity index is 324. The molecule has 0 saturated carbocycles. The Labute approximate surface area is 86.6 Å². The van der Waals surface area contributed by atoms with Crippen LogP contribution in [0.2, 0.25) is 0 Å².